The van der Waals surface area contributed by atoms with E-state index in [1.807, 2.05) is 57.2 Å². The molecule has 7 heteroatoms. The lowest BCUT2D eigenvalue weighted by molar-refractivity contribution is -0.119. The first-order valence-electron chi connectivity index (χ1n) is 8.72. The highest BCUT2D eigenvalue weighted by atomic mass is 32.2. The van der Waals surface area contributed by atoms with Crippen LogP contribution >= 0.6 is 0 Å². The summed E-state index contributed by atoms with van der Waals surface area (Å²) in [6.07, 6.45) is 1.15. The minimum atomic E-state index is -3.58. The maximum atomic E-state index is 12.3. The lowest BCUT2D eigenvalue weighted by Gasteiger charge is -2.22. The molecule has 146 valence electrons. The van der Waals surface area contributed by atoms with Gasteiger partial charge in [0.1, 0.15) is 12.3 Å². The Morgan fingerprint density at radius 2 is 1.81 bits per heavy atom. The van der Waals surface area contributed by atoms with Crippen LogP contribution in [-0.2, 0) is 21.4 Å². The highest BCUT2D eigenvalue weighted by molar-refractivity contribution is 7.92. The Hall–Kier alpha value is -2.54. The molecule has 27 heavy (non-hydrogen) atoms. The Morgan fingerprint density at radius 1 is 1.15 bits per heavy atom. The third kappa shape index (κ3) is 6.60. The zero-order chi connectivity index (χ0) is 20.0. The number of nitrogens with one attached hydrogen (secondary N) is 1. The number of carbonyl (C=O) groups excluding carboxylic acids is 1. The Balaban J connectivity index is 2.03. The maximum absolute atomic E-state index is 12.3. The van der Waals surface area contributed by atoms with Gasteiger partial charge in [0, 0.05) is 6.54 Å². The molecule has 0 bridgehead atoms. The number of hydrogen-bond acceptors (Lipinski definition) is 4. The van der Waals surface area contributed by atoms with E-state index in [4.69, 9.17) is 4.74 Å². The molecular weight excluding hydrogens is 364 g/mol. The summed E-state index contributed by atoms with van der Waals surface area (Å²) in [5, 5.41) is 2.76. The molecule has 0 saturated heterocycles. The third-order valence-electron chi connectivity index (χ3n) is 3.77. The summed E-state index contributed by atoms with van der Waals surface area (Å²) in [6.45, 7) is 5.82. The largest absolute Gasteiger partial charge is 0.491 e. The van der Waals surface area contributed by atoms with Crippen LogP contribution in [-0.4, -0.2) is 33.2 Å². The molecule has 0 saturated carbocycles. The summed E-state index contributed by atoms with van der Waals surface area (Å²) in [5.41, 5.74) is 2.36. The molecule has 2 aromatic rings. The van der Waals surface area contributed by atoms with E-state index in [2.05, 4.69) is 5.32 Å². The fourth-order valence-electron chi connectivity index (χ4n) is 2.50. The minimum Gasteiger partial charge on any atom is -0.491 e. The summed E-state index contributed by atoms with van der Waals surface area (Å²) < 4.78 is 30.9. The van der Waals surface area contributed by atoms with Crippen LogP contribution in [0.15, 0.2) is 48.5 Å². The van der Waals surface area contributed by atoms with Gasteiger partial charge in [-0.1, -0.05) is 29.8 Å². The highest BCUT2D eigenvalue weighted by Gasteiger charge is 2.20. The molecule has 0 aliphatic rings. The van der Waals surface area contributed by atoms with Gasteiger partial charge in [-0.2, -0.15) is 0 Å². The Bertz CT molecular complexity index is 877. The molecule has 0 radical (unpaired) electrons. The highest BCUT2D eigenvalue weighted by Crippen LogP contribution is 2.18. The lowest BCUT2D eigenvalue weighted by Crippen LogP contribution is -2.40. The normalized spacial score (nSPS) is 11.3. The van der Waals surface area contributed by atoms with Crippen molar-refractivity contribution in [2.24, 2.45) is 0 Å². The van der Waals surface area contributed by atoms with Crippen molar-refractivity contribution < 1.29 is 17.9 Å². The van der Waals surface area contributed by atoms with Crippen LogP contribution in [0.4, 0.5) is 5.69 Å². The SMILES string of the molecule is Cc1ccc(N(CC(=O)NCc2cccc(OC(C)C)c2)S(C)(=O)=O)cc1. The Morgan fingerprint density at radius 3 is 2.41 bits per heavy atom. The average molecular weight is 391 g/mol. The van der Waals surface area contributed by atoms with Gasteiger partial charge in [-0.05, 0) is 50.6 Å². The fourth-order valence-corrected chi connectivity index (χ4v) is 3.36. The predicted octanol–water partition coefficient (Wildman–Crippen LogP) is 2.86. The van der Waals surface area contributed by atoms with E-state index >= 15 is 0 Å². The van der Waals surface area contributed by atoms with Crippen molar-refractivity contribution in [1.82, 2.24) is 5.32 Å². The van der Waals surface area contributed by atoms with Gasteiger partial charge >= 0.3 is 0 Å². The van der Waals surface area contributed by atoms with Crippen molar-refractivity contribution in [1.29, 1.82) is 0 Å². The van der Waals surface area contributed by atoms with Crippen molar-refractivity contribution in [3.8, 4) is 5.75 Å². The second-order valence-corrected chi connectivity index (χ2v) is 8.60. The van der Waals surface area contributed by atoms with Crippen LogP contribution < -0.4 is 14.4 Å². The standard InChI is InChI=1S/C20H26N2O4S/c1-15(2)26-19-7-5-6-17(12-19)13-21-20(23)14-22(27(4,24)25)18-10-8-16(3)9-11-18/h5-12,15H,13-14H2,1-4H3,(H,21,23). The zero-order valence-electron chi connectivity index (χ0n) is 16.1. The third-order valence-corrected chi connectivity index (χ3v) is 4.91. The number of ether oxygens (including phenoxy) is 1. The first-order chi connectivity index (χ1) is 12.6. The first-order valence-corrected chi connectivity index (χ1v) is 10.6. The van der Waals surface area contributed by atoms with Crippen molar-refractivity contribution in [2.75, 3.05) is 17.1 Å². The van der Waals surface area contributed by atoms with Gasteiger partial charge in [0.25, 0.3) is 0 Å². The first kappa shape index (κ1) is 20.8. The number of nitrogens with zero attached hydrogens (tertiary/aromatic N) is 1. The van der Waals surface area contributed by atoms with Gasteiger partial charge in [-0.3, -0.25) is 9.10 Å². The quantitative estimate of drug-likeness (QED) is 0.752. The van der Waals surface area contributed by atoms with E-state index in [1.165, 1.54) is 0 Å². The lowest BCUT2D eigenvalue weighted by atomic mass is 10.2. The van der Waals surface area contributed by atoms with E-state index in [1.54, 1.807) is 12.1 Å². The minimum absolute atomic E-state index is 0.0627. The monoisotopic (exact) mass is 390 g/mol. The van der Waals surface area contributed by atoms with Crippen LogP contribution in [0.2, 0.25) is 0 Å². The van der Waals surface area contributed by atoms with Gasteiger partial charge < -0.3 is 10.1 Å². The topological polar surface area (TPSA) is 75.7 Å². The number of rotatable bonds is 8. The van der Waals surface area contributed by atoms with E-state index in [0.29, 0.717) is 12.2 Å². The molecule has 0 fully saturated rings. The second kappa shape index (κ2) is 8.90. The maximum Gasteiger partial charge on any atom is 0.241 e. The molecular formula is C20H26N2O4S. The Labute approximate surface area is 161 Å². The molecule has 0 atom stereocenters. The van der Waals surface area contributed by atoms with Crippen molar-refractivity contribution in [3.05, 3.63) is 59.7 Å². The van der Waals surface area contributed by atoms with E-state index in [-0.39, 0.29) is 18.6 Å². The van der Waals surface area contributed by atoms with Gasteiger partial charge in [-0.15, -0.1) is 0 Å². The average Bonchev–Trinajstić information content (AvgIpc) is 2.58. The van der Waals surface area contributed by atoms with Crippen LogP contribution in [0, 0.1) is 6.92 Å². The van der Waals surface area contributed by atoms with E-state index in [0.717, 1.165) is 27.4 Å². The number of sulfonamides is 1. The van der Waals surface area contributed by atoms with Crippen LogP contribution in [0.3, 0.4) is 0 Å². The molecule has 6 nitrogen and oxygen atoms in total. The molecule has 0 aliphatic heterocycles. The molecule has 0 spiro atoms. The molecule has 1 amide bonds. The van der Waals surface area contributed by atoms with E-state index < -0.39 is 10.0 Å². The fraction of sp³-hybridized carbons (Fsp3) is 0.350. The van der Waals surface area contributed by atoms with Crippen LogP contribution in [0.1, 0.15) is 25.0 Å². The summed E-state index contributed by atoms with van der Waals surface area (Å²) in [4.78, 5) is 12.3. The molecule has 0 unspecified atom stereocenters. The number of amides is 1. The van der Waals surface area contributed by atoms with Crippen LogP contribution in [0.5, 0.6) is 5.75 Å². The molecule has 0 aliphatic carbocycles. The number of hydrogen-bond donors (Lipinski definition) is 1. The molecule has 0 heterocycles. The van der Waals surface area contributed by atoms with Crippen molar-refractivity contribution in [3.63, 3.8) is 0 Å². The molecule has 2 aromatic carbocycles. The number of benzene rings is 2. The van der Waals surface area contributed by atoms with E-state index in [9.17, 15) is 13.2 Å². The summed E-state index contributed by atoms with van der Waals surface area (Å²) in [5.74, 6) is 0.352. The predicted molar refractivity (Wildman–Crippen MR) is 107 cm³/mol. The number of anilines is 1. The summed E-state index contributed by atoms with van der Waals surface area (Å²) >= 11 is 0. The van der Waals surface area contributed by atoms with Gasteiger partial charge in [0.15, 0.2) is 0 Å². The van der Waals surface area contributed by atoms with Crippen LogP contribution in [0.25, 0.3) is 0 Å². The summed E-state index contributed by atoms with van der Waals surface area (Å²) in [7, 11) is -3.58. The van der Waals surface area contributed by atoms with Gasteiger partial charge in [-0.25, -0.2) is 8.42 Å². The molecule has 2 rings (SSSR count). The van der Waals surface area contributed by atoms with Gasteiger partial charge in [0.05, 0.1) is 18.0 Å². The zero-order valence-corrected chi connectivity index (χ0v) is 16.9. The number of carbonyl (C=O) groups is 1. The molecule has 0 aromatic heterocycles. The number of aryl methyl sites for hydroxylation is 1. The van der Waals surface area contributed by atoms with Crippen molar-refractivity contribution in [2.45, 2.75) is 33.4 Å². The Kier molecular flexibility index (Phi) is 6.85. The second-order valence-electron chi connectivity index (χ2n) is 6.70. The summed E-state index contributed by atoms with van der Waals surface area (Å²) in [6, 6.07) is 14.4. The smallest absolute Gasteiger partial charge is 0.241 e. The van der Waals surface area contributed by atoms with Gasteiger partial charge in [0.2, 0.25) is 15.9 Å². The van der Waals surface area contributed by atoms with Crippen molar-refractivity contribution >= 4 is 21.6 Å². The molecule has 1 N–H and O–H groups in total.